The molecule has 1 atom stereocenters. The predicted molar refractivity (Wildman–Crippen MR) is 102 cm³/mol. The van der Waals surface area contributed by atoms with Gasteiger partial charge in [0.1, 0.15) is 6.10 Å². The van der Waals surface area contributed by atoms with Crippen LogP contribution in [0, 0.1) is 0 Å². The van der Waals surface area contributed by atoms with E-state index in [0.29, 0.717) is 23.0 Å². The predicted octanol–water partition coefficient (Wildman–Crippen LogP) is 3.67. The van der Waals surface area contributed by atoms with Gasteiger partial charge >= 0.3 is 0 Å². The summed E-state index contributed by atoms with van der Waals surface area (Å²) in [5.41, 5.74) is 1.88. The first-order chi connectivity index (χ1) is 12.7. The van der Waals surface area contributed by atoms with Crippen LogP contribution in [-0.2, 0) is 9.53 Å². The van der Waals surface area contributed by atoms with Gasteiger partial charge in [0.2, 0.25) is 0 Å². The molecule has 6 nitrogen and oxygen atoms in total. The van der Waals surface area contributed by atoms with E-state index in [9.17, 15) is 9.59 Å². The van der Waals surface area contributed by atoms with Gasteiger partial charge in [0.15, 0.2) is 5.13 Å². The van der Waals surface area contributed by atoms with Crippen LogP contribution in [0.4, 0.5) is 10.8 Å². The number of carbonyl (C=O) groups is 2. The SMILES string of the molecule is O=C(Nc1nc2ccccc2s1)c1cccc(NC(=O)[C@H]2CCCO2)c1. The maximum atomic E-state index is 12.5. The average Bonchev–Trinajstić information content (AvgIpc) is 3.31. The van der Waals surface area contributed by atoms with Gasteiger partial charge in [0.05, 0.1) is 10.2 Å². The maximum Gasteiger partial charge on any atom is 0.257 e. The lowest BCUT2D eigenvalue weighted by Crippen LogP contribution is -2.27. The number of amides is 2. The van der Waals surface area contributed by atoms with E-state index >= 15 is 0 Å². The zero-order valence-electron chi connectivity index (χ0n) is 13.9. The Hall–Kier alpha value is -2.77. The summed E-state index contributed by atoms with van der Waals surface area (Å²) in [7, 11) is 0. The van der Waals surface area contributed by atoms with E-state index in [4.69, 9.17) is 4.74 Å². The van der Waals surface area contributed by atoms with Crippen molar-refractivity contribution in [1.29, 1.82) is 0 Å². The van der Waals surface area contributed by atoms with E-state index in [-0.39, 0.29) is 11.8 Å². The summed E-state index contributed by atoms with van der Waals surface area (Å²) >= 11 is 1.42. The number of anilines is 2. The highest BCUT2D eigenvalue weighted by Crippen LogP contribution is 2.26. The van der Waals surface area contributed by atoms with Gasteiger partial charge in [0, 0.05) is 17.9 Å². The molecule has 7 heteroatoms. The Morgan fingerprint density at radius 2 is 2.00 bits per heavy atom. The molecular formula is C19H17N3O3S. The minimum Gasteiger partial charge on any atom is -0.368 e. The molecule has 0 radical (unpaired) electrons. The highest BCUT2D eigenvalue weighted by atomic mass is 32.1. The van der Waals surface area contributed by atoms with Gasteiger partial charge in [-0.2, -0.15) is 0 Å². The average molecular weight is 367 g/mol. The molecule has 1 saturated heterocycles. The van der Waals surface area contributed by atoms with Crippen LogP contribution < -0.4 is 10.6 Å². The second-order valence-electron chi connectivity index (χ2n) is 6.01. The number of nitrogens with zero attached hydrogens (tertiary/aromatic N) is 1. The Kier molecular flexibility index (Phi) is 4.64. The third kappa shape index (κ3) is 3.58. The Morgan fingerprint density at radius 1 is 1.12 bits per heavy atom. The van der Waals surface area contributed by atoms with Crippen LogP contribution in [0.3, 0.4) is 0 Å². The quantitative estimate of drug-likeness (QED) is 0.737. The molecule has 0 unspecified atom stereocenters. The van der Waals surface area contributed by atoms with Crippen LogP contribution in [-0.4, -0.2) is 29.5 Å². The first-order valence-electron chi connectivity index (χ1n) is 8.38. The number of rotatable bonds is 4. The number of hydrogen-bond donors (Lipinski definition) is 2. The number of para-hydroxylation sites is 1. The fourth-order valence-electron chi connectivity index (χ4n) is 2.84. The van der Waals surface area contributed by atoms with Crippen molar-refractivity contribution >= 4 is 44.2 Å². The van der Waals surface area contributed by atoms with E-state index in [2.05, 4.69) is 15.6 Å². The van der Waals surface area contributed by atoms with Crippen molar-refractivity contribution in [2.75, 3.05) is 17.2 Å². The Balaban J connectivity index is 1.46. The smallest absolute Gasteiger partial charge is 0.257 e. The minimum absolute atomic E-state index is 0.175. The first kappa shape index (κ1) is 16.7. The standard InChI is InChI=1S/C19H17N3O3S/c23-17(22-19-21-14-7-1-2-9-16(14)26-19)12-5-3-6-13(11-12)20-18(24)15-8-4-10-25-15/h1-3,5-7,9,11,15H,4,8,10H2,(H,20,24)(H,21,22,23)/t15-/m1/s1. The second-order valence-corrected chi connectivity index (χ2v) is 7.04. The van der Waals surface area contributed by atoms with E-state index in [1.54, 1.807) is 24.3 Å². The summed E-state index contributed by atoms with van der Waals surface area (Å²) in [5, 5.41) is 6.17. The van der Waals surface area contributed by atoms with E-state index in [1.807, 2.05) is 24.3 Å². The molecule has 2 heterocycles. The third-order valence-corrected chi connectivity index (χ3v) is 5.08. The summed E-state index contributed by atoms with van der Waals surface area (Å²) in [6, 6.07) is 14.5. The number of nitrogens with one attached hydrogen (secondary N) is 2. The van der Waals surface area contributed by atoms with Gasteiger partial charge in [-0.1, -0.05) is 29.5 Å². The zero-order chi connectivity index (χ0) is 17.9. The van der Waals surface area contributed by atoms with Crippen LogP contribution in [0.15, 0.2) is 48.5 Å². The Labute approximate surface area is 154 Å². The lowest BCUT2D eigenvalue weighted by molar-refractivity contribution is -0.124. The number of aromatic nitrogens is 1. The van der Waals surface area contributed by atoms with Crippen molar-refractivity contribution in [1.82, 2.24) is 4.98 Å². The molecular weight excluding hydrogens is 350 g/mol. The molecule has 2 aromatic carbocycles. The van der Waals surface area contributed by atoms with E-state index < -0.39 is 6.10 Å². The second kappa shape index (κ2) is 7.23. The Bertz CT molecular complexity index is 930. The van der Waals surface area contributed by atoms with Gasteiger partial charge in [-0.05, 0) is 43.2 Å². The van der Waals surface area contributed by atoms with E-state index in [1.165, 1.54) is 11.3 Å². The monoisotopic (exact) mass is 367 g/mol. The number of fused-ring (bicyclic) bond motifs is 1. The van der Waals surface area contributed by atoms with Crippen LogP contribution >= 0.6 is 11.3 Å². The van der Waals surface area contributed by atoms with Crippen LogP contribution in [0.1, 0.15) is 23.2 Å². The van der Waals surface area contributed by atoms with Crippen LogP contribution in [0.25, 0.3) is 10.2 Å². The highest BCUT2D eigenvalue weighted by molar-refractivity contribution is 7.22. The van der Waals surface area contributed by atoms with Crippen LogP contribution in [0.5, 0.6) is 0 Å². The molecule has 26 heavy (non-hydrogen) atoms. The molecule has 2 N–H and O–H groups in total. The van der Waals surface area contributed by atoms with Gasteiger partial charge < -0.3 is 10.1 Å². The van der Waals surface area contributed by atoms with Crippen molar-refractivity contribution < 1.29 is 14.3 Å². The number of carbonyl (C=O) groups excluding carboxylic acids is 2. The van der Waals surface area contributed by atoms with Gasteiger partial charge in [-0.25, -0.2) is 4.98 Å². The molecule has 0 bridgehead atoms. The topological polar surface area (TPSA) is 80.3 Å². The van der Waals surface area contributed by atoms with Crippen molar-refractivity contribution in [3.8, 4) is 0 Å². The van der Waals surface area contributed by atoms with Gasteiger partial charge in [0.25, 0.3) is 11.8 Å². The molecule has 1 aromatic heterocycles. The fraction of sp³-hybridized carbons (Fsp3) is 0.211. The summed E-state index contributed by atoms with van der Waals surface area (Å²) in [4.78, 5) is 29.0. The van der Waals surface area contributed by atoms with Crippen LogP contribution in [0.2, 0.25) is 0 Å². The van der Waals surface area contributed by atoms with Crippen molar-refractivity contribution in [2.45, 2.75) is 18.9 Å². The molecule has 0 aliphatic carbocycles. The molecule has 132 valence electrons. The van der Waals surface area contributed by atoms with E-state index in [0.717, 1.165) is 23.1 Å². The molecule has 1 aliphatic rings. The van der Waals surface area contributed by atoms with Gasteiger partial charge in [-0.3, -0.25) is 14.9 Å². The molecule has 4 rings (SSSR count). The molecule has 2 amide bonds. The maximum absolute atomic E-state index is 12.5. The molecule has 0 saturated carbocycles. The largest absolute Gasteiger partial charge is 0.368 e. The molecule has 3 aromatic rings. The number of ether oxygens (including phenoxy) is 1. The highest BCUT2D eigenvalue weighted by Gasteiger charge is 2.23. The molecule has 1 fully saturated rings. The zero-order valence-corrected chi connectivity index (χ0v) is 14.7. The summed E-state index contributed by atoms with van der Waals surface area (Å²) in [6.45, 7) is 0.614. The summed E-state index contributed by atoms with van der Waals surface area (Å²) in [6.07, 6.45) is 1.21. The first-order valence-corrected chi connectivity index (χ1v) is 9.20. The Morgan fingerprint density at radius 3 is 2.81 bits per heavy atom. The molecule has 1 aliphatic heterocycles. The van der Waals surface area contributed by atoms with Gasteiger partial charge in [-0.15, -0.1) is 0 Å². The normalized spacial score (nSPS) is 16.5. The number of hydrogen-bond acceptors (Lipinski definition) is 5. The third-order valence-electron chi connectivity index (χ3n) is 4.13. The minimum atomic E-state index is -0.407. The summed E-state index contributed by atoms with van der Waals surface area (Å²) in [5.74, 6) is -0.441. The lowest BCUT2D eigenvalue weighted by atomic mass is 10.1. The number of thiazole rings is 1. The molecule has 0 spiro atoms. The number of benzene rings is 2. The van der Waals surface area contributed by atoms with Crippen molar-refractivity contribution in [2.24, 2.45) is 0 Å². The lowest BCUT2D eigenvalue weighted by Gasteiger charge is -2.11. The summed E-state index contributed by atoms with van der Waals surface area (Å²) < 4.78 is 6.39. The fourth-order valence-corrected chi connectivity index (χ4v) is 3.70. The van der Waals surface area contributed by atoms with Crippen molar-refractivity contribution in [3.63, 3.8) is 0 Å². The van der Waals surface area contributed by atoms with Crippen molar-refractivity contribution in [3.05, 3.63) is 54.1 Å².